The standard InChI is InChI=1S/C15H26N2O4/c1-2-3-10-21-11-9-16-15(20)17-13(14(18)19)12-7-5-4-6-8-12/h2,12-13H,1,3-11H2,(H,18,19)(H2,16,17,20). The number of ether oxygens (including phenoxy) is 1. The molecule has 1 aliphatic rings. The Balaban J connectivity index is 2.25. The first-order chi connectivity index (χ1) is 10.1. The summed E-state index contributed by atoms with van der Waals surface area (Å²) in [5, 5.41) is 14.5. The van der Waals surface area contributed by atoms with Crippen LogP contribution in [0.4, 0.5) is 4.79 Å². The Labute approximate surface area is 125 Å². The molecule has 3 N–H and O–H groups in total. The van der Waals surface area contributed by atoms with Crippen molar-refractivity contribution in [3.63, 3.8) is 0 Å². The lowest BCUT2D eigenvalue weighted by atomic mass is 9.84. The minimum absolute atomic E-state index is 0.0332. The molecule has 1 atom stereocenters. The Kier molecular flexibility index (Phi) is 8.50. The van der Waals surface area contributed by atoms with Gasteiger partial charge in [-0.2, -0.15) is 0 Å². The Morgan fingerprint density at radius 1 is 1.29 bits per heavy atom. The normalized spacial score (nSPS) is 17.0. The summed E-state index contributed by atoms with van der Waals surface area (Å²) in [6.07, 6.45) is 7.49. The predicted octanol–water partition coefficient (Wildman–Crippen LogP) is 1.91. The average Bonchev–Trinajstić information content (AvgIpc) is 2.49. The summed E-state index contributed by atoms with van der Waals surface area (Å²) in [4.78, 5) is 23.0. The fourth-order valence-corrected chi connectivity index (χ4v) is 2.55. The molecule has 0 heterocycles. The molecule has 0 aliphatic heterocycles. The van der Waals surface area contributed by atoms with Crippen molar-refractivity contribution < 1.29 is 19.4 Å². The van der Waals surface area contributed by atoms with Crippen LogP contribution >= 0.6 is 0 Å². The molecule has 6 nitrogen and oxygen atoms in total. The third-order valence-corrected chi connectivity index (χ3v) is 3.67. The van der Waals surface area contributed by atoms with E-state index in [1.54, 1.807) is 6.08 Å². The zero-order valence-corrected chi connectivity index (χ0v) is 12.5. The van der Waals surface area contributed by atoms with Crippen molar-refractivity contribution >= 4 is 12.0 Å². The molecular formula is C15H26N2O4. The maximum Gasteiger partial charge on any atom is 0.326 e. The first-order valence-corrected chi connectivity index (χ1v) is 7.61. The van der Waals surface area contributed by atoms with E-state index >= 15 is 0 Å². The van der Waals surface area contributed by atoms with Gasteiger partial charge in [0, 0.05) is 6.54 Å². The van der Waals surface area contributed by atoms with Gasteiger partial charge in [0.1, 0.15) is 6.04 Å². The van der Waals surface area contributed by atoms with Crippen molar-refractivity contribution in [1.82, 2.24) is 10.6 Å². The summed E-state index contributed by atoms with van der Waals surface area (Å²) < 4.78 is 5.26. The van der Waals surface area contributed by atoms with Crippen molar-refractivity contribution in [2.45, 2.75) is 44.6 Å². The van der Waals surface area contributed by atoms with Crippen LogP contribution in [-0.2, 0) is 9.53 Å². The van der Waals surface area contributed by atoms with Crippen molar-refractivity contribution in [3.8, 4) is 0 Å². The number of aliphatic carboxylic acids is 1. The molecule has 2 amide bonds. The van der Waals surface area contributed by atoms with Gasteiger partial charge in [-0.25, -0.2) is 9.59 Å². The molecule has 1 aliphatic carbocycles. The summed E-state index contributed by atoms with van der Waals surface area (Å²) >= 11 is 0. The summed E-state index contributed by atoms with van der Waals surface area (Å²) in [6.45, 7) is 4.93. The summed E-state index contributed by atoms with van der Waals surface area (Å²) in [6, 6.07) is -1.24. The molecule has 0 aromatic carbocycles. The molecule has 1 fully saturated rings. The molecular weight excluding hydrogens is 272 g/mol. The van der Waals surface area contributed by atoms with E-state index in [9.17, 15) is 14.7 Å². The van der Waals surface area contributed by atoms with Gasteiger partial charge in [0.25, 0.3) is 0 Å². The largest absolute Gasteiger partial charge is 0.480 e. The number of carbonyl (C=O) groups excluding carboxylic acids is 1. The van der Waals surface area contributed by atoms with E-state index in [4.69, 9.17) is 4.74 Å². The van der Waals surface area contributed by atoms with Crippen molar-refractivity contribution in [2.75, 3.05) is 19.8 Å². The summed E-state index contributed by atoms with van der Waals surface area (Å²) in [7, 11) is 0. The van der Waals surface area contributed by atoms with Gasteiger partial charge in [-0.15, -0.1) is 6.58 Å². The number of urea groups is 1. The highest BCUT2D eigenvalue weighted by atomic mass is 16.5. The Bertz CT molecular complexity index is 341. The van der Waals surface area contributed by atoms with Gasteiger partial charge >= 0.3 is 12.0 Å². The van der Waals surface area contributed by atoms with Crippen molar-refractivity contribution in [2.24, 2.45) is 5.92 Å². The lowest BCUT2D eigenvalue weighted by Gasteiger charge is -2.28. The van der Waals surface area contributed by atoms with Crippen LogP contribution in [0.5, 0.6) is 0 Å². The first-order valence-electron chi connectivity index (χ1n) is 7.61. The highest BCUT2D eigenvalue weighted by molar-refractivity contribution is 5.82. The van der Waals surface area contributed by atoms with E-state index in [0.29, 0.717) is 19.8 Å². The fourth-order valence-electron chi connectivity index (χ4n) is 2.55. The molecule has 1 unspecified atom stereocenters. The van der Waals surface area contributed by atoms with Crippen LogP contribution in [0.25, 0.3) is 0 Å². The van der Waals surface area contributed by atoms with Crippen LogP contribution in [0.2, 0.25) is 0 Å². The van der Waals surface area contributed by atoms with E-state index < -0.39 is 18.0 Å². The zero-order chi connectivity index (χ0) is 15.5. The molecule has 0 aromatic rings. The van der Waals surface area contributed by atoms with E-state index in [1.807, 2.05) is 0 Å². The van der Waals surface area contributed by atoms with Gasteiger partial charge in [0.2, 0.25) is 0 Å². The summed E-state index contributed by atoms with van der Waals surface area (Å²) in [5.74, 6) is -0.926. The van der Waals surface area contributed by atoms with Gasteiger partial charge in [-0.05, 0) is 25.2 Å². The van der Waals surface area contributed by atoms with Gasteiger partial charge < -0.3 is 20.5 Å². The number of nitrogens with one attached hydrogen (secondary N) is 2. The Morgan fingerprint density at radius 3 is 2.62 bits per heavy atom. The monoisotopic (exact) mass is 298 g/mol. The molecule has 120 valence electrons. The first kappa shape index (κ1) is 17.5. The van der Waals surface area contributed by atoms with Crippen LogP contribution in [0.3, 0.4) is 0 Å². The lowest BCUT2D eigenvalue weighted by Crippen LogP contribution is -2.50. The van der Waals surface area contributed by atoms with E-state index in [1.165, 1.54) is 0 Å². The summed E-state index contributed by atoms with van der Waals surface area (Å²) in [5.41, 5.74) is 0. The van der Waals surface area contributed by atoms with Crippen molar-refractivity contribution in [3.05, 3.63) is 12.7 Å². The fraction of sp³-hybridized carbons (Fsp3) is 0.733. The number of rotatable bonds is 9. The third-order valence-electron chi connectivity index (χ3n) is 3.67. The Hall–Kier alpha value is -1.56. The van der Waals surface area contributed by atoms with Gasteiger partial charge in [0.05, 0.1) is 13.2 Å². The minimum atomic E-state index is -0.959. The third kappa shape index (κ3) is 7.13. The SMILES string of the molecule is C=CCCOCCNC(=O)NC(C(=O)O)C1CCCCC1. The minimum Gasteiger partial charge on any atom is -0.480 e. The molecule has 0 aromatic heterocycles. The molecule has 1 saturated carbocycles. The van der Waals surface area contributed by atoms with Crippen LogP contribution in [0, 0.1) is 5.92 Å². The molecule has 1 rings (SSSR count). The van der Waals surface area contributed by atoms with Crippen LogP contribution < -0.4 is 10.6 Å². The topological polar surface area (TPSA) is 87.7 Å². The zero-order valence-electron chi connectivity index (χ0n) is 12.5. The van der Waals surface area contributed by atoms with E-state index in [2.05, 4.69) is 17.2 Å². The lowest BCUT2D eigenvalue weighted by molar-refractivity contribution is -0.141. The molecule has 0 bridgehead atoms. The van der Waals surface area contributed by atoms with Gasteiger partial charge in [-0.1, -0.05) is 25.3 Å². The van der Waals surface area contributed by atoms with E-state index in [0.717, 1.165) is 38.5 Å². The second-order valence-corrected chi connectivity index (χ2v) is 5.30. The molecule has 0 radical (unpaired) electrons. The van der Waals surface area contributed by atoms with E-state index in [-0.39, 0.29) is 5.92 Å². The van der Waals surface area contributed by atoms with Gasteiger partial charge in [-0.3, -0.25) is 0 Å². The molecule has 0 saturated heterocycles. The second-order valence-electron chi connectivity index (χ2n) is 5.30. The number of amides is 2. The number of hydrogen-bond donors (Lipinski definition) is 3. The highest BCUT2D eigenvalue weighted by Gasteiger charge is 2.30. The maximum atomic E-state index is 11.7. The quantitative estimate of drug-likeness (QED) is 0.448. The van der Waals surface area contributed by atoms with Crippen LogP contribution in [-0.4, -0.2) is 42.9 Å². The highest BCUT2D eigenvalue weighted by Crippen LogP contribution is 2.26. The second kappa shape index (κ2) is 10.2. The number of carbonyl (C=O) groups is 2. The molecule has 0 spiro atoms. The molecule has 21 heavy (non-hydrogen) atoms. The number of hydrogen-bond acceptors (Lipinski definition) is 3. The molecule has 6 heteroatoms. The predicted molar refractivity (Wildman–Crippen MR) is 80.2 cm³/mol. The maximum absolute atomic E-state index is 11.7. The van der Waals surface area contributed by atoms with Crippen LogP contribution in [0.1, 0.15) is 38.5 Å². The Morgan fingerprint density at radius 2 is 2.00 bits per heavy atom. The average molecular weight is 298 g/mol. The van der Waals surface area contributed by atoms with Gasteiger partial charge in [0.15, 0.2) is 0 Å². The smallest absolute Gasteiger partial charge is 0.326 e. The van der Waals surface area contributed by atoms with Crippen LogP contribution in [0.15, 0.2) is 12.7 Å². The number of carboxylic acid groups (broad SMARTS) is 1. The number of carboxylic acids is 1. The van der Waals surface area contributed by atoms with Crippen molar-refractivity contribution in [1.29, 1.82) is 0 Å².